The summed E-state index contributed by atoms with van der Waals surface area (Å²) in [5, 5.41) is 36.8. The van der Waals surface area contributed by atoms with Crippen LogP contribution in [-0.4, -0.2) is 52.5 Å². The molecule has 0 aliphatic heterocycles. The van der Waals surface area contributed by atoms with E-state index in [0.29, 0.717) is 12.8 Å². The van der Waals surface area contributed by atoms with Crippen molar-refractivity contribution in [2.75, 3.05) is 0 Å². The predicted molar refractivity (Wildman–Crippen MR) is 171 cm³/mol. The van der Waals surface area contributed by atoms with Crippen molar-refractivity contribution in [3.05, 3.63) is 89.1 Å². The lowest BCUT2D eigenvalue weighted by Gasteiger charge is -2.60. The molecule has 12 heteroatoms. The molecule has 2 aromatic carbocycles. The van der Waals surface area contributed by atoms with Gasteiger partial charge in [0.15, 0.2) is 5.78 Å². The average Bonchev–Trinajstić information content (AvgIpc) is 3.76. The Labute approximate surface area is 280 Å². The number of carbonyl (C=O) groups is 1. The highest BCUT2D eigenvalue weighted by Gasteiger charge is 2.68. The quantitative estimate of drug-likeness (QED) is 0.236. The lowest BCUT2D eigenvalue weighted by atomic mass is 9.45. The number of aliphatic hydroxyl groups is 2. The van der Waals surface area contributed by atoms with Crippen LogP contribution in [0.15, 0.2) is 66.5 Å². The van der Waals surface area contributed by atoms with Gasteiger partial charge in [0, 0.05) is 11.0 Å². The second-order valence-corrected chi connectivity index (χ2v) is 14.9. The molecule has 4 aliphatic carbocycles. The minimum atomic E-state index is -4.51. The number of ketones is 1. The van der Waals surface area contributed by atoms with Crippen LogP contribution in [0.25, 0.3) is 23.0 Å². The van der Waals surface area contributed by atoms with Crippen molar-refractivity contribution in [3.63, 3.8) is 0 Å². The van der Waals surface area contributed by atoms with E-state index in [9.17, 15) is 32.6 Å². The molecule has 0 radical (unpaired) electrons. The molecular formula is C37H37F4N5O3. The molecule has 8 rings (SSSR count). The highest BCUT2D eigenvalue weighted by molar-refractivity contribution is 5.88. The maximum absolute atomic E-state index is 14.0. The Morgan fingerprint density at radius 3 is 2.63 bits per heavy atom. The molecule has 0 amide bonds. The van der Waals surface area contributed by atoms with Gasteiger partial charge in [0.1, 0.15) is 23.7 Å². The summed E-state index contributed by atoms with van der Waals surface area (Å²) >= 11 is 0. The monoisotopic (exact) mass is 675 g/mol. The van der Waals surface area contributed by atoms with Gasteiger partial charge in [0.2, 0.25) is 0 Å². The van der Waals surface area contributed by atoms with E-state index in [0.717, 1.165) is 41.9 Å². The number of benzene rings is 2. The van der Waals surface area contributed by atoms with Gasteiger partial charge < -0.3 is 10.2 Å². The van der Waals surface area contributed by atoms with Gasteiger partial charge in [0.25, 0.3) is 0 Å². The first-order chi connectivity index (χ1) is 23.2. The summed E-state index contributed by atoms with van der Waals surface area (Å²) in [4.78, 5) is 14.0. The largest absolute Gasteiger partial charge is 0.416 e. The van der Waals surface area contributed by atoms with E-state index in [1.165, 1.54) is 40.7 Å². The zero-order valence-corrected chi connectivity index (χ0v) is 27.2. The third kappa shape index (κ3) is 4.85. The Balaban J connectivity index is 1.03. The number of allylic oxidation sites excluding steroid dienone is 1. The fourth-order valence-corrected chi connectivity index (χ4v) is 10.1. The molecule has 8 nitrogen and oxygen atoms in total. The van der Waals surface area contributed by atoms with Crippen molar-refractivity contribution in [2.24, 2.45) is 28.6 Å². The van der Waals surface area contributed by atoms with Crippen molar-refractivity contribution in [2.45, 2.75) is 76.8 Å². The summed E-state index contributed by atoms with van der Waals surface area (Å²) in [5.41, 5.74) is 0.742. The molecule has 7 atom stereocenters. The standard InChI is InChI=1S/C37H37F4N5O3/c1-34-16-22-18-42-46(26-9-7-25(38)8-10-26)30(22)15-23(34)6-11-27-28-12-13-36(49,35(28,2)17-31(47)33(27)34)32(48)20-45-19-29(43-44-45)21-4-3-5-24(14-21)37(39,40)41/h3-5,7-10,14-15,18-19,27-28,31,33,47,49H,6,11-13,16-17,20H2,1-2H3/t27?,28?,31?,33?,34?,35?,36-/m0/s1. The summed E-state index contributed by atoms with van der Waals surface area (Å²) in [7, 11) is 0. The normalized spacial score (nSPS) is 32.1. The third-order valence-electron chi connectivity index (χ3n) is 12.4. The first-order valence-electron chi connectivity index (χ1n) is 16.8. The fourth-order valence-electron chi connectivity index (χ4n) is 10.1. The van der Waals surface area contributed by atoms with Gasteiger partial charge in [0.05, 0.1) is 35.4 Å². The number of rotatable bonds is 5. The van der Waals surface area contributed by atoms with E-state index in [2.05, 4.69) is 28.4 Å². The lowest BCUT2D eigenvalue weighted by molar-refractivity contribution is -0.180. The Hall–Kier alpha value is -4.16. The zero-order valence-electron chi connectivity index (χ0n) is 27.2. The van der Waals surface area contributed by atoms with Gasteiger partial charge in [-0.05, 0) is 110 Å². The number of carbonyl (C=O) groups excluding carboxylic acids is 1. The van der Waals surface area contributed by atoms with Crippen LogP contribution in [0.5, 0.6) is 0 Å². The van der Waals surface area contributed by atoms with Crippen LogP contribution in [-0.2, 0) is 23.9 Å². The second-order valence-electron chi connectivity index (χ2n) is 14.9. The number of Topliss-reactive ketones (excluding diaryl/α,β-unsaturated/α-hetero) is 1. The minimum Gasteiger partial charge on any atom is -0.393 e. The topological polar surface area (TPSA) is 106 Å². The van der Waals surface area contributed by atoms with Gasteiger partial charge >= 0.3 is 6.18 Å². The van der Waals surface area contributed by atoms with E-state index in [1.807, 2.05) is 17.8 Å². The van der Waals surface area contributed by atoms with Crippen LogP contribution in [0.1, 0.15) is 62.8 Å². The van der Waals surface area contributed by atoms with Crippen molar-refractivity contribution < 1.29 is 32.6 Å². The smallest absolute Gasteiger partial charge is 0.393 e. The number of hydrogen-bond acceptors (Lipinski definition) is 6. The molecule has 49 heavy (non-hydrogen) atoms. The van der Waals surface area contributed by atoms with Gasteiger partial charge in [-0.3, -0.25) is 4.79 Å². The summed E-state index contributed by atoms with van der Waals surface area (Å²) in [6.07, 6.45) is 3.68. The van der Waals surface area contributed by atoms with Gasteiger partial charge in [-0.1, -0.05) is 36.8 Å². The lowest BCUT2D eigenvalue weighted by Crippen LogP contribution is -2.62. The first-order valence-corrected chi connectivity index (χ1v) is 16.8. The Morgan fingerprint density at radius 2 is 1.88 bits per heavy atom. The van der Waals surface area contributed by atoms with Crippen LogP contribution >= 0.6 is 0 Å². The van der Waals surface area contributed by atoms with Crippen LogP contribution < -0.4 is 0 Å². The van der Waals surface area contributed by atoms with Gasteiger partial charge in [-0.15, -0.1) is 5.10 Å². The molecule has 4 aromatic rings. The minimum absolute atomic E-state index is 0.00739. The SMILES string of the molecule is CC12Cc3cnn(-c4ccc(F)cc4)c3C=C1CCC1C2C(O)CC2(C)C1CC[C@]2(O)C(=O)Cn1cc(-c2cccc(C(F)(F)F)c2)nn1. The van der Waals surface area contributed by atoms with Crippen molar-refractivity contribution in [1.82, 2.24) is 24.8 Å². The molecule has 256 valence electrons. The number of nitrogens with zero attached hydrogens (tertiary/aromatic N) is 5. The first kappa shape index (κ1) is 32.1. The van der Waals surface area contributed by atoms with Gasteiger partial charge in [-0.25, -0.2) is 13.8 Å². The third-order valence-corrected chi connectivity index (χ3v) is 12.4. The maximum atomic E-state index is 14.0. The number of halogens is 4. The summed E-state index contributed by atoms with van der Waals surface area (Å²) in [6, 6.07) is 11.0. The zero-order chi connectivity index (χ0) is 34.5. The van der Waals surface area contributed by atoms with Crippen LogP contribution in [0, 0.1) is 34.4 Å². The number of aliphatic hydroxyl groups excluding tert-OH is 1. The number of hydrogen-bond donors (Lipinski definition) is 2. The van der Waals surface area contributed by atoms with Gasteiger partial charge in [-0.2, -0.15) is 18.3 Å². The van der Waals surface area contributed by atoms with Crippen LogP contribution in [0.4, 0.5) is 17.6 Å². The number of alkyl halides is 3. The second kappa shape index (κ2) is 10.9. The number of fused-ring (bicyclic) bond motifs is 6. The van der Waals surface area contributed by atoms with Crippen molar-refractivity contribution in [1.29, 1.82) is 0 Å². The molecule has 4 aliphatic rings. The van der Waals surface area contributed by atoms with Crippen LogP contribution in [0.2, 0.25) is 0 Å². The molecule has 3 fully saturated rings. The highest BCUT2D eigenvalue weighted by Crippen LogP contribution is 2.67. The fraction of sp³-hybridized carbons (Fsp3) is 0.459. The Morgan fingerprint density at radius 1 is 1.10 bits per heavy atom. The summed E-state index contributed by atoms with van der Waals surface area (Å²) in [6.45, 7) is 3.86. The highest BCUT2D eigenvalue weighted by atomic mass is 19.4. The average molecular weight is 676 g/mol. The van der Waals surface area contributed by atoms with Crippen molar-refractivity contribution in [3.8, 4) is 16.9 Å². The van der Waals surface area contributed by atoms with Crippen LogP contribution in [0.3, 0.4) is 0 Å². The van der Waals surface area contributed by atoms with E-state index < -0.39 is 34.6 Å². The molecule has 2 aromatic heterocycles. The van der Waals surface area contributed by atoms with E-state index in [-0.39, 0.29) is 59.6 Å². The predicted octanol–water partition coefficient (Wildman–Crippen LogP) is 6.44. The van der Waals surface area contributed by atoms with E-state index in [1.54, 1.807) is 12.1 Å². The Kier molecular flexibility index (Phi) is 7.15. The molecule has 2 heterocycles. The van der Waals surface area contributed by atoms with E-state index >= 15 is 0 Å². The molecule has 3 saturated carbocycles. The molecule has 2 N–H and O–H groups in total. The molecular weight excluding hydrogens is 638 g/mol. The van der Waals surface area contributed by atoms with E-state index in [4.69, 9.17) is 0 Å². The number of aromatic nitrogens is 5. The molecule has 0 saturated heterocycles. The molecule has 0 bridgehead atoms. The maximum Gasteiger partial charge on any atom is 0.416 e. The Bertz CT molecular complexity index is 1990. The molecule has 0 spiro atoms. The summed E-state index contributed by atoms with van der Waals surface area (Å²) in [5.74, 6) is -0.731. The summed E-state index contributed by atoms with van der Waals surface area (Å²) < 4.78 is 56.5. The van der Waals surface area contributed by atoms with Crippen molar-refractivity contribution >= 4 is 11.9 Å². The molecule has 6 unspecified atom stereocenters.